The molecular weight excluding hydrogens is 260 g/mol. The molecule has 0 aliphatic rings. The van der Waals surface area contributed by atoms with Crippen molar-refractivity contribution in [3.63, 3.8) is 0 Å². The summed E-state index contributed by atoms with van der Waals surface area (Å²) in [6.45, 7) is 4.92. The first-order valence-corrected chi connectivity index (χ1v) is 7.25. The van der Waals surface area contributed by atoms with E-state index in [-0.39, 0.29) is 0 Å². The lowest BCUT2D eigenvalue weighted by atomic mass is 10.1. The van der Waals surface area contributed by atoms with Gasteiger partial charge < -0.3 is 15.2 Å². The standard InChI is InChI=1S/C14H22N2O2S/c1-5-6-16-14(15)19-9-11-8-13(18-4)12(17-3)7-10(11)2/h7-8H,5-6,9H2,1-4H3,(H2,15,16). The molecule has 106 valence electrons. The fraction of sp³-hybridized carbons (Fsp3) is 0.500. The van der Waals surface area contributed by atoms with E-state index in [9.17, 15) is 0 Å². The average molecular weight is 282 g/mol. The van der Waals surface area contributed by atoms with Crippen molar-refractivity contribution in [1.29, 1.82) is 0 Å². The average Bonchev–Trinajstić information content (AvgIpc) is 2.43. The van der Waals surface area contributed by atoms with Gasteiger partial charge in [0.2, 0.25) is 0 Å². The number of thioether (sulfide) groups is 1. The Balaban J connectivity index is 2.78. The molecular formula is C14H22N2O2S. The Morgan fingerprint density at radius 1 is 1.26 bits per heavy atom. The Bertz CT molecular complexity index is 447. The molecule has 4 nitrogen and oxygen atoms in total. The van der Waals surface area contributed by atoms with Crippen molar-refractivity contribution in [3.8, 4) is 11.5 Å². The van der Waals surface area contributed by atoms with Gasteiger partial charge in [-0.05, 0) is 36.6 Å². The van der Waals surface area contributed by atoms with Gasteiger partial charge in [-0.3, -0.25) is 4.99 Å². The second kappa shape index (κ2) is 7.94. The molecule has 0 aliphatic heterocycles. The van der Waals surface area contributed by atoms with Crippen molar-refractivity contribution < 1.29 is 9.47 Å². The number of nitrogens with two attached hydrogens (primary N) is 1. The summed E-state index contributed by atoms with van der Waals surface area (Å²) in [6, 6.07) is 3.97. The Hall–Kier alpha value is -1.36. The lowest BCUT2D eigenvalue weighted by Crippen LogP contribution is -2.08. The van der Waals surface area contributed by atoms with Crippen LogP contribution in [0.15, 0.2) is 17.1 Å². The minimum atomic E-state index is 0.635. The van der Waals surface area contributed by atoms with Crippen molar-refractivity contribution in [2.45, 2.75) is 26.0 Å². The lowest BCUT2D eigenvalue weighted by molar-refractivity contribution is 0.354. The summed E-state index contributed by atoms with van der Waals surface area (Å²) >= 11 is 1.55. The first kappa shape index (κ1) is 15.7. The van der Waals surface area contributed by atoms with Gasteiger partial charge in [0.25, 0.3) is 0 Å². The molecule has 5 heteroatoms. The van der Waals surface area contributed by atoms with Gasteiger partial charge in [0, 0.05) is 12.3 Å². The van der Waals surface area contributed by atoms with Gasteiger partial charge >= 0.3 is 0 Å². The smallest absolute Gasteiger partial charge is 0.161 e. The van der Waals surface area contributed by atoms with Crippen LogP contribution < -0.4 is 15.2 Å². The quantitative estimate of drug-likeness (QED) is 0.644. The molecule has 0 amide bonds. The Kier molecular flexibility index (Phi) is 6.56. The largest absolute Gasteiger partial charge is 0.493 e. The van der Waals surface area contributed by atoms with Crippen molar-refractivity contribution in [2.24, 2.45) is 10.7 Å². The zero-order valence-corrected chi connectivity index (χ0v) is 12.8. The van der Waals surface area contributed by atoms with E-state index in [2.05, 4.69) is 18.8 Å². The minimum absolute atomic E-state index is 0.635. The van der Waals surface area contributed by atoms with Crippen molar-refractivity contribution in [3.05, 3.63) is 23.3 Å². The first-order valence-electron chi connectivity index (χ1n) is 6.26. The minimum Gasteiger partial charge on any atom is -0.493 e. The number of nitrogens with zero attached hydrogens (tertiary/aromatic N) is 1. The summed E-state index contributed by atoms with van der Waals surface area (Å²) in [5.74, 6) is 2.28. The van der Waals surface area contributed by atoms with Crippen LogP contribution in [0.2, 0.25) is 0 Å². The number of hydrogen-bond acceptors (Lipinski definition) is 4. The van der Waals surface area contributed by atoms with Crippen LogP contribution in [0.5, 0.6) is 11.5 Å². The summed E-state index contributed by atoms with van der Waals surface area (Å²) in [5, 5.41) is 0.635. The first-order chi connectivity index (χ1) is 9.12. The maximum absolute atomic E-state index is 5.84. The van der Waals surface area contributed by atoms with Gasteiger partial charge in [0.15, 0.2) is 16.7 Å². The Morgan fingerprint density at radius 3 is 2.47 bits per heavy atom. The number of aliphatic imine (C=N–C) groups is 1. The summed E-state index contributed by atoms with van der Waals surface area (Å²) in [5.41, 5.74) is 8.18. The van der Waals surface area contributed by atoms with Crippen LogP contribution in [0.1, 0.15) is 24.5 Å². The van der Waals surface area contributed by atoms with E-state index in [0.29, 0.717) is 5.17 Å². The van der Waals surface area contributed by atoms with Gasteiger partial charge in [0.05, 0.1) is 14.2 Å². The molecule has 0 aliphatic carbocycles. The highest BCUT2D eigenvalue weighted by Crippen LogP contribution is 2.31. The highest BCUT2D eigenvalue weighted by Gasteiger charge is 2.09. The van der Waals surface area contributed by atoms with Crippen molar-refractivity contribution >= 4 is 16.9 Å². The van der Waals surface area contributed by atoms with Gasteiger partial charge in [-0.15, -0.1) is 0 Å². The second-order valence-electron chi connectivity index (χ2n) is 4.14. The number of methoxy groups -OCH3 is 2. The number of amidine groups is 1. The van der Waals surface area contributed by atoms with Crippen LogP contribution >= 0.6 is 11.8 Å². The number of ether oxygens (including phenoxy) is 2. The third kappa shape index (κ3) is 4.67. The van der Waals surface area contributed by atoms with Gasteiger partial charge in [-0.25, -0.2) is 0 Å². The monoisotopic (exact) mass is 282 g/mol. The molecule has 0 bridgehead atoms. The number of hydrogen-bond donors (Lipinski definition) is 1. The van der Waals surface area contributed by atoms with E-state index < -0.39 is 0 Å². The number of benzene rings is 1. The van der Waals surface area contributed by atoms with Crippen LogP contribution in [0.4, 0.5) is 0 Å². The molecule has 0 fully saturated rings. The highest BCUT2D eigenvalue weighted by molar-refractivity contribution is 8.13. The van der Waals surface area contributed by atoms with Crippen LogP contribution in [-0.2, 0) is 5.75 Å². The third-order valence-electron chi connectivity index (χ3n) is 2.71. The predicted molar refractivity (Wildman–Crippen MR) is 82.4 cm³/mol. The van der Waals surface area contributed by atoms with Crippen LogP contribution in [-0.4, -0.2) is 25.9 Å². The molecule has 1 rings (SSSR count). The fourth-order valence-electron chi connectivity index (χ4n) is 1.60. The predicted octanol–water partition coefficient (Wildman–Crippen LogP) is 2.97. The van der Waals surface area contributed by atoms with E-state index in [4.69, 9.17) is 15.2 Å². The topological polar surface area (TPSA) is 56.8 Å². The third-order valence-corrected chi connectivity index (χ3v) is 3.59. The molecule has 0 unspecified atom stereocenters. The van der Waals surface area contributed by atoms with Crippen LogP contribution in [0.25, 0.3) is 0 Å². The molecule has 0 saturated heterocycles. The van der Waals surface area contributed by atoms with Crippen LogP contribution in [0.3, 0.4) is 0 Å². The number of aryl methyl sites for hydroxylation is 1. The van der Waals surface area contributed by atoms with Crippen LogP contribution in [0, 0.1) is 6.92 Å². The second-order valence-corrected chi connectivity index (χ2v) is 5.14. The Labute approximate surface area is 119 Å². The summed E-state index contributed by atoms with van der Waals surface area (Å²) in [6.07, 6.45) is 1.01. The van der Waals surface area contributed by atoms with E-state index >= 15 is 0 Å². The van der Waals surface area contributed by atoms with Crippen molar-refractivity contribution in [1.82, 2.24) is 0 Å². The molecule has 0 atom stereocenters. The van der Waals surface area contributed by atoms with E-state index in [0.717, 1.165) is 35.8 Å². The summed E-state index contributed by atoms with van der Waals surface area (Å²) in [7, 11) is 3.28. The molecule has 0 aromatic heterocycles. The Morgan fingerprint density at radius 2 is 1.89 bits per heavy atom. The summed E-state index contributed by atoms with van der Waals surface area (Å²) < 4.78 is 10.6. The lowest BCUT2D eigenvalue weighted by Gasteiger charge is -2.12. The van der Waals surface area contributed by atoms with E-state index in [1.807, 2.05) is 12.1 Å². The zero-order chi connectivity index (χ0) is 14.3. The van der Waals surface area contributed by atoms with Gasteiger partial charge in [-0.1, -0.05) is 18.7 Å². The molecule has 0 heterocycles. The molecule has 1 aromatic carbocycles. The van der Waals surface area contributed by atoms with Gasteiger partial charge in [-0.2, -0.15) is 0 Å². The highest BCUT2D eigenvalue weighted by atomic mass is 32.2. The SMILES string of the molecule is CCCN=C(N)SCc1cc(OC)c(OC)cc1C. The summed E-state index contributed by atoms with van der Waals surface area (Å²) in [4.78, 5) is 4.27. The molecule has 1 aromatic rings. The molecule has 0 spiro atoms. The molecule has 0 radical (unpaired) electrons. The fourth-order valence-corrected chi connectivity index (χ4v) is 2.39. The molecule has 2 N–H and O–H groups in total. The zero-order valence-electron chi connectivity index (χ0n) is 12.0. The normalized spacial score (nSPS) is 11.5. The maximum atomic E-state index is 5.84. The maximum Gasteiger partial charge on any atom is 0.161 e. The molecule has 19 heavy (non-hydrogen) atoms. The molecule has 0 saturated carbocycles. The van der Waals surface area contributed by atoms with E-state index in [1.165, 1.54) is 5.56 Å². The number of rotatable bonds is 6. The van der Waals surface area contributed by atoms with Gasteiger partial charge in [0.1, 0.15) is 0 Å². The van der Waals surface area contributed by atoms with Crippen molar-refractivity contribution in [2.75, 3.05) is 20.8 Å². The van der Waals surface area contributed by atoms with E-state index in [1.54, 1.807) is 26.0 Å².